The van der Waals surface area contributed by atoms with Gasteiger partial charge in [0, 0.05) is 11.9 Å². The molecule has 1 amide bonds. The van der Waals surface area contributed by atoms with E-state index in [0.29, 0.717) is 34.7 Å². The number of hydrogen-bond acceptors (Lipinski definition) is 4. The number of halogens is 4. The van der Waals surface area contributed by atoms with Gasteiger partial charge in [0.05, 0.1) is 33.1 Å². The molecule has 3 atom stereocenters. The fourth-order valence-corrected chi connectivity index (χ4v) is 5.31. The van der Waals surface area contributed by atoms with Crippen molar-refractivity contribution in [3.05, 3.63) is 63.4 Å². The highest BCUT2D eigenvalue weighted by Crippen LogP contribution is 2.42. The molecule has 0 radical (unpaired) electrons. The summed E-state index contributed by atoms with van der Waals surface area (Å²) < 4.78 is 64.1. The molecule has 2 aromatic rings. The highest BCUT2D eigenvalue weighted by Gasteiger charge is 2.44. The maximum atomic E-state index is 13.8. The van der Waals surface area contributed by atoms with Crippen LogP contribution in [0.15, 0.2) is 34.9 Å². The van der Waals surface area contributed by atoms with E-state index < -0.39 is 51.3 Å². The first-order valence-corrected chi connectivity index (χ1v) is 14.1. The average molecular weight is 586 g/mol. The third-order valence-corrected chi connectivity index (χ3v) is 7.82. The lowest BCUT2D eigenvalue weighted by atomic mass is 9.97. The molecule has 1 aromatic heterocycles. The number of carbonyl (C=O) groups excluding carboxylic acids is 1. The van der Waals surface area contributed by atoms with Crippen molar-refractivity contribution in [2.24, 2.45) is 4.40 Å². The maximum Gasteiger partial charge on any atom is 0.416 e. The van der Waals surface area contributed by atoms with E-state index in [0.717, 1.165) is 12.1 Å². The zero-order chi connectivity index (χ0) is 29.5. The van der Waals surface area contributed by atoms with Crippen LogP contribution in [0.4, 0.5) is 18.0 Å². The summed E-state index contributed by atoms with van der Waals surface area (Å²) in [6.45, 7) is 13.7. The molecule has 1 aliphatic rings. The largest absolute Gasteiger partial charge is 0.444 e. The molecule has 0 N–H and O–H groups in total. The van der Waals surface area contributed by atoms with Crippen LogP contribution in [0.1, 0.15) is 88.4 Å². The van der Waals surface area contributed by atoms with Crippen molar-refractivity contribution >= 4 is 34.4 Å². The lowest BCUT2D eigenvalue weighted by molar-refractivity contribution is -0.137. The number of alkyl halides is 3. The average Bonchev–Trinajstić information content (AvgIpc) is 3.20. The van der Waals surface area contributed by atoms with E-state index in [2.05, 4.69) is 9.38 Å². The number of aryl methyl sites for hydroxylation is 2. The van der Waals surface area contributed by atoms with Crippen LogP contribution in [0.2, 0.25) is 5.02 Å². The van der Waals surface area contributed by atoms with Gasteiger partial charge in [-0.3, -0.25) is 9.88 Å². The number of nitrogens with zero attached hydrogens (tertiary/aromatic N) is 3. The molecule has 1 fully saturated rings. The van der Waals surface area contributed by atoms with Crippen LogP contribution in [0, 0.1) is 13.8 Å². The summed E-state index contributed by atoms with van der Waals surface area (Å²) in [4.78, 5) is 19.4. The fourth-order valence-electron chi connectivity index (χ4n) is 4.40. The van der Waals surface area contributed by atoms with E-state index in [1.54, 1.807) is 67.5 Å². The Balaban J connectivity index is 2.26. The monoisotopic (exact) mass is 585 g/mol. The van der Waals surface area contributed by atoms with E-state index in [1.165, 1.54) is 11.1 Å². The molecule has 0 bridgehead atoms. The van der Waals surface area contributed by atoms with Gasteiger partial charge in [0.25, 0.3) is 0 Å². The van der Waals surface area contributed by atoms with E-state index in [1.807, 2.05) is 0 Å². The minimum Gasteiger partial charge on any atom is -0.444 e. The minimum absolute atomic E-state index is 0.132. The molecule has 1 saturated heterocycles. The Morgan fingerprint density at radius 3 is 2.28 bits per heavy atom. The number of hydrogen-bond donors (Lipinski definition) is 0. The van der Waals surface area contributed by atoms with Gasteiger partial charge in [0.15, 0.2) is 0 Å². The summed E-state index contributed by atoms with van der Waals surface area (Å²) in [6.07, 6.45) is -2.98. The molecular weight excluding hydrogens is 551 g/mol. The second kappa shape index (κ2) is 11.2. The van der Waals surface area contributed by atoms with Gasteiger partial charge < -0.3 is 4.74 Å². The minimum atomic E-state index is -4.60. The molecule has 39 heavy (non-hydrogen) atoms. The highest BCUT2D eigenvalue weighted by molar-refractivity contribution is 7.85. The summed E-state index contributed by atoms with van der Waals surface area (Å²) in [5, 5.41) is 0.353. The molecule has 214 valence electrons. The van der Waals surface area contributed by atoms with Crippen molar-refractivity contribution in [2.45, 2.75) is 96.8 Å². The number of aromatic nitrogens is 1. The summed E-state index contributed by atoms with van der Waals surface area (Å²) in [7, 11) is -1.82. The van der Waals surface area contributed by atoms with Gasteiger partial charge in [0.1, 0.15) is 16.6 Å². The Morgan fingerprint density at radius 1 is 1.08 bits per heavy atom. The number of carbonyl (C=O) groups is 1. The third-order valence-electron chi connectivity index (χ3n) is 6.09. The smallest absolute Gasteiger partial charge is 0.416 e. The molecule has 0 aliphatic carbocycles. The second-order valence-electron chi connectivity index (χ2n) is 11.8. The quantitative estimate of drug-likeness (QED) is 0.344. The molecule has 3 rings (SSSR count). The molecule has 11 heteroatoms. The lowest BCUT2D eigenvalue weighted by Gasteiger charge is -2.34. The number of ether oxygens (including phenoxy) is 1. The second-order valence-corrected chi connectivity index (χ2v) is 14.1. The number of amides is 1. The van der Waals surface area contributed by atoms with Crippen molar-refractivity contribution in [2.75, 3.05) is 0 Å². The Bertz CT molecular complexity index is 1300. The molecule has 6 nitrogen and oxygen atoms in total. The fraction of sp³-hybridized carbons (Fsp3) is 0.536. The van der Waals surface area contributed by atoms with Gasteiger partial charge in [-0.25, -0.2) is 9.00 Å². The number of rotatable bonds is 4. The van der Waals surface area contributed by atoms with Gasteiger partial charge in [-0.2, -0.15) is 17.6 Å². The molecule has 0 unspecified atom stereocenters. The number of pyridine rings is 1. The summed E-state index contributed by atoms with van der Waals surface area (Å²) >= 11 is 6.51. The van der Waals surface area contributed by atoms with Crippen molar-refractivity contribution in [1.29, 1.82) is 0 Å². The molecule has 1 aromatic carbocycles. The lowest BCUT2D eigenvalue weighted by Crippen LogP contribution is -2.45. The number of benzene rings is 1. The summed E-state index contributed by atoms with van der Waals surface area (Å²) in [6, 6.07) is 4.02. The first kappa shape index (κ1) is 31.1. The molecular formula is C28H35ClF3N3O3S. The van der Waals surface area contributed by atoms with E-state index in [4.69, 9.17) is 16.3 Å². The van der Waals surface area contributed by atoms with Crippen LogP contribution in [0.3, 0.4) is 0 Å². The van der Waals surface area contributed by atoms with E-state index in [9.17, 15) is 22.2 Å². The van der Waals surface area contributed by atoms with Crippen LogP contribution in [0.5, 0.6) is 0 Å². The standard InChI is InChI=1S/C28H35ClF3N3O3S/c1-16-11-18(14-19(12-16)28(30,31)32)24(34-39(37)27(6,7)8)23-10-9-22(20-13-17(2)33-15-21(20)29)35(23)25(36)38-26(3,4)5/h11-15,22-23H,9-10H2,1-8H3/t22-,23-,39-/m0/s1. The predicted molar refractivity (Wildman–Crippen MR) is 148 cm³/mol. The highest BCUT2D eigenvalue weighted by atomic mass is 35.5. The SMILES string of the molecule is Cc1cc(C(=N[S@@](=O)C(C)(C)C)[C@@H]2CC[C@@H](c3cc(C)ncc3Cl)N2C(=O)OC(C)(C)C)cc(C(F)(F)F)c1. The normalized spacial score (nSPS) is 19.8. The first-order valence-electron chi connectivity index (χ1n) is 12.6. The Morgan fingerprint density at radius 2 is 1.72 bits per heavy atom. The van der Waals surface area contributed by atoms with Crippen LogP contribution >= 0.6 is 11.6 Å². The van der Waals surface area contributed by atoms with Gasteiger partial charge in [-0.1, -0.05) is 17.7 Å². The van der Waals surface area contributed by atoms with Crippen LogP contribution < -0.4 is 0 Å². The molecule has 1 aliphatic heterocycles. The van der Waals surface area contributed by atoms with Gasteiger partial charge in [-0.05, 0) is 103 Å². The first-order chi connectivity index (χ1) is 17.8. The molecule has 2 heterocycles. The van der Waals surface area contributed by atoms with Gasteiger partial charge in [0.2, 0.25) is 0 Å². The Hall–Kier alpha value is -2.46. The Kier molecular flexibility index (Phi) is 8.92. The van der Waals surface area contributed by atoms with Crippen molar-refractivity contribution in [3.63, 3.8) is 0 Å². The third kappa shape index (κ3) is 7.60. The van der Waals surface area contributed by atoms with Crippen molar-refractivity contribution < 1.29 is 26.9 Å². The molecule has 0 spiro atoms. The van der Waals surface area contributed by atoms with Crippen molar-refractivity contribution in [3.8, 4) is 0 Å². The van der Waals surface area contributed by atoms with Gasteiger partial charge in [-0.15, -0.1) is 0 Å². The summed E-state index contributed by atoms with van der Waals surface area (Å²) in [5.41, 5.74) is 0.291. The predicted octanol–water partition coefficient (Wildman–Crippen LogP) is 7.76. The Labute approximate surface area is 235 Å². The van der Waals surface area contributed by atoms with Gasteiger partial charge >= 0.3 is 12.3 Å². The van der Waals surface area contributed by atoms with E-state index >= 15 is 0 Å². The van der Waals surface area contributed by atoms with E-state index in [-0.39, 0.29) is 11.3 Å². The number of likely N-dealkylation sites (tertiary alicyclic amines) is 1. The zero-order valence-electron chi connectivity index (χ0n) is 23.4. The van der Waals surface area contributed by atoms with Crippen LogP contribution in [-0.2, 0) is 21.9 Å². The zero-order valence-corrected chi connectivity index (χ0v) is 25.0. The van der Waals surface area contributed by atoms with Crippen LogP contribution in [0.25, 0.3) is 0 Å². The maximum absolute atomic E-state index is 13.8. The van der Waals surface area contributed by atoms with Crippen molar-refractivity contribution in [1.82, 2.24) is 9.88 Å². The topological polar surface area (TPSA) is 71.9 Å². The van der Waals surface area contributed by atoms with Crippen LogP contribution in [-0.4, -0.2) is 42.3 Å². The molecule has 0 saturated carbocycles. The summed E-state index contributed by atoms with van der Waals surface area (Å²) in [5.74, 6) is 0.